The Balaban J connectivity index is 2.92. The fourth-order valence-electron chi connectivity index (χ4n) is 1.93. The molecule has 1 heterocycles. The Hall–Kier alpha value is -1.95. The van der Waals surface area contributed by atoms with Crippen LogP contribution in [0.4, 0.5) is 0 Å². The molecule has 9 heteroatoms. The minimum absolute atomic E-state index is 0.126. The average molecular weight is 371 g/mol. The van der Waals surface area contributed by atoms with Crippen LogP contribution in [0.1, 0.15) is 5.56 Å². The number of nitrogens with zero attached hydrogens (tertiary/aromatic N) is 2. The first-order valence-electron chi connectivity index (χ1n) is 6.15. The van der Waals surface area contributed by atoms with Crippen molar-refractivity contribution in [2.45, 2.75) is 9.92 Å². The number of pyridine rings is 1. The zero-order chi connectivity index (χ0) is 17.4. The second kappa shape index (κ2) is 5.92. The summed E-state index contributed by atoms with van der Waals surface area (Å²) < 4.78 is 47.7. The highest BCUT2D eigenvalue weighted by Crippen LogP contribution is 2.28. The highest BCUT2D eigenvalue weighted by atomic mass is 35.5. The Morgan fingerprint density at radius 3 is 2.04 bits per heavy atom. The number of hydrogen-bond donors (Lipinski definition) is 0. The molecule has 23 heavy (non-hydrogen) atoms. The van der Waals surface area contributed by atoms with E-state index >= 15 is 0 Å². The van der Waals surface area contributed by atoms with Gasteiger partial charge in [-0.15, -0.1) is 0 Å². The van der Waals surface area contributed by atoms with Crippen LogP contribution < -0.4 is 0 Å². The molecule has 0 radical (unpaired) electrons. The summed E-state index contributed by atoms with van der Waals surface area (Å²) in [5.41, 5.74) is 0.128. The van der Waals surface area contributed by atoms with Crippen molar-refractivity contribution in [3.8, 4) is 17.3 Å². The molecule has 1 aromatic heterocycles. The van der Waals surface area contributed by atoms with Crippen molar-refractivity contribution in [3.05, 3.63) is 40.9 Å². The summed E-state index contributed by atoms with van der Waals surface area (Å²) in [6.07, 6.45) is 1.77. The van der Waals surface area contributed by atoms with Crippen molar-refractivity contribution in [1.29, 1.82) is 5.26 Å². The van der Waals surface area contributed by atoms with Crippen LogP contribution in [-0.2, 0) is 19.7 Å². The van der Waals surface area contributed by atoms with Crippen LogP contribution in [0.5, 0.6) is 0 Å². The summed E-state index contributed by atoms with van der Waals surface area (Å²) in [5.74, 6) is 0. The molecule has 0 aliphatic carbocycles. The maximum absolute atomic E-state index is 11.9. The number of benzene rings is 1. The molecule has 0 atom stereocenters. The molecule has 0 bridgehead atoms. The number of aromatic nitrogens is 1. The quantitative estimate of drug-likeness (QED) is 0.819. The van der Waals surface area contributed by atoms with E-state index in [1.807, 2.05) is 0 Å². The van der Waals surface area contributed by atoms with Gasteiger partial charge in [-0.3, -0.25) is 0 Å². The van der Waals surface area contributed by atoms with Gasteiger partial charge >= 0.3 is 0 Å². The highest BCUT2D eigenvalue weighted by Gasteiger charge is 2.25. The van der Waals surface area contributed by atoms with E-state index in [4.69, 9.17) is 11.6 Å². The van der Waals surface area contributed by atoms with E-state index in [1.54, 1.807) is 30.3 Å². The highest BCUT2D eigenvalue weighted by molar-refractivity contribution is 7.91. The van der Waals surface area contributed by atoms with Gasteiger partial charge in [0, 0.05) is 23.1 Å². The normalized spacial score (nSPS) is 11.9. The molecule has 0 unspecified atom stereocenters. The van der Waals surface area contributed by atoms with E-state index in [-0.39, 0.29) is 10.6 Å². The third-order valence-corrected chi connectivity index (χ3v) is 5.32. The summed E-state index contributed by atoms with van der Waals surface area (Å²) in [6, 6.07) is 9.10. The molecule has 0 aliphatic heterocycles. The van der Waals surface area contributed by atoms with Gasteiger partial charge in [0.2, 0.25) is 0 Å². The molecular formula is C14H11ClN2O4S2. The van der Waals surface area contributed by atoms with Gasteiger partial charge in [0.25, 0.3) is 0 Å². The van der Waals surface area contributed by atoms with E-state index in [0.29, 0.717) is 10.6 Å². The molecule has 0 amide bonds. The Bertz CT molecular complexity index is 968. The van der Waals surface area contributed by atoms with E-state index in [1.165, 1.54) is 6.07 Å². The summed E-state index contributed by atoms with van der Waals surface area (Å²) in [6.45, 7) is 0. The first kappa shape index (κ1) is 17.4. The Labute approximate surface area is 139 Å². The molecule has 0 fully saturated rings. The predicted octanol–water partition coefficient (Wildman–Crippen LogP) is 2.08. The lowest BCUT2D eigenvalue weighted by atomic mass is 10.1. The zero-order valence-corrected chi connectivity index (χ0v) is 14.5. The molecule has 0 aliphatic rings. The molecule has 0 spiro atoms. The molecule has 6 nitrogen and oxygen atoms in total. The summed E-state index contributed by atoms with van der Waals surface area (Å²) >= 11 is 5.80. The number of nitriles is 1. The first-order valence-corrected chi connectivity index (χ1v) is 10.3. The topological polar surface area (TPSA) is 105 Å². The van der Waals surface area contributed by atoms with Gasteiger partial charge in [-0.25, -0.2) is 21.8 Å². The Morgan fingerprint density at radius 2 is 1.61 bits per heavy atom. The third-order valence-electron chi connectivity index (χ3n) is 2.95. The molecular weight excluding hydrogens is 360 g/mol. The Morgan fingerprint density at radius 1 is 1.04 bits per heavy atom. The van der Waals surface area contributed by atoms with Gasteiger partial charge in [0.15, 0.2) is 24.7 Å². The molecule has 0 saturated carbocycles. The smallest absolute Gasteiger partial charge is 0.194 e. The lowest BCUT2D eigenvalue weighted by molar-refractivity contribution is 0.596. The van der Waals surface area contributed by atoms with E-state index in [2.05, 4.69) is 4.98 Å². The van der Waals surface area contributed by atoms with E-state index in [9.17, 15) is 22.1 Å². The number of halogens is 1. The minimum atomic E-state index is -3.89. The third kappa shape index (κ3) is 3.69. The fourth-order valence-corrected chi connectivity index (χ4v) is 3.75. The number of sulfone groups is 2. The standard InChI is InChI=1S/C14H11ClN2O4S2/c1-22(18,19)13-7-12(9-3-5-10(15)6-4-9)17-14(11(13)8-16)23(2,20)21/h3-7H,1-2H3. The van der Waals surface area contributed by atoms with Crippen molar-refractivity contribution < 1.29 is 16.8 Å². The molecule has 2 aromatic rings. The van der Waals surface area contributed by atoms with Crippen molar-refractivity contribution in [2.24, 2.45) is 0 Å². The van der Waals surface area contributed by atoms with Gasteiger partial charge in [-0.1, -0.05) is 23.7 Å². The van der Waals surface area contributed by atoms with Crippen molar-refractivity contribution >= 4 is 31.3 Å². The van der Waals surface area contributed by atoms with Crippen LogP contribution in [0.2, 0.25) is 5.02 Å². The van der Waals surface area contributed by atoms with E-state index in [0.717, 1.165) is 12.5 Å². The van der Waals surface area contributed by atoms with Crippen molar-refractivity contribution in [1.82, 2.24) is 4.98 Å². The molecule has 0 saturated heterocycles. The van der Waals surface area contributed by atoms with Crippen LogP contribution in [0.25, 0.3) is 11.3 Å². The van der Waals surface area contributed by atoms with Gasteiger partial charge in [0.05, 0.1) is 10.6 Å². The summed E-state index contributed by atoms with van der Waals surface area (Å²) in [5, 5.41) is 9.09. The van der Waals surface area contributed by atoms with Crippen LogP contribution in [0.15, 0.2) is 40.3 Å². The minimum Gasteiger partial charge on any atom is -0.235 e. The maximum Gasteiger partial charge on any atom is 0.194 e. The number of hydrogen-bond acceptors (Lipinski definition) is 6. The maximum atomic E-state index is 11.9. The Kier molecular flexibility index (Phi) is 4.48. The fraction of sp³-hybridized carbons (Fsp3) is 0.143. The van der Waals surface area contributed by atoms with Gasteiger partial charge < -0.3 is 0 Å². The molecule has 120 valence electrons. The lowest BCUT2D eigenvalue weighted by Gasteiger charge is -2.10. The van der Waals surface area contributed by atoms with E-state index < -0.39 is 30.3 Å². The van der Waals surface area contributed by atoms with Crippen LogP contribution >= 0.6 is 11.6 Å². The lowest BCUT2D eigenvalue weighted by Crippen LogP contribution is -2.11. The molecule has 2 rings (SSSR count). The van der Waals surface area contributed by atoms with Gasteiger partial charge in [0.1, 0.15) is 11.6 Å². The predicted molar refractivity (Wildman–Crippen MR) is 85.6 cm³/mol. The molecule has 1 aromatic carbocycles. The van der Waals surface area contributed by atoms with Crippen LogP contribution in [-0.4, -0.2) is 34.3 Å². The summed E-state index contributed by atoms with van der Waals surface area (Å²) in [4.78, 5) is 3.60. The molecule has 0 N–H and O–H groups in total. The van der Waals surface area contributed by atoms with Crippen LogP contribution in [0, 0.1) is 11.3 Å². The largest absolute Gasteiger partial charge is 0.235 e. The second-order valence-electron chi connectivity index (χ2n) is 4.85. The zero-order valence-electron chi connectivity index (χ0n) is 12.1. The van der Waals surface area contributed by atoms with Crippen LogP contribution in [0.3, 0.4) is 0 Å². The second-order valence-corrected chi connectivity index (χ2v) is 9.20. The first-order chi connectivity index (χ1) is 10.5. The van der Waals surface area contributed by atoms with Gasteiger partial charge in [-0.2, -0.15) is 5.26 Å². The SMILES string of the molecule is CS(=O)(=O)c1cc(-c2ccc(Cl)cc2)nc(S(C)(=O)=O)c1C#N. The monoisotopic (exact) mass is 370 g/mol. The van der Waals surface area contributed by atoms with Crippen molar-refractivity contribution in [2.75, 3.05) is 12.5 Å². The number of rotatable bonds is 3. The van der Waals surface area contributed by atoms with Crippen molar-refractivity contribution in [3.63, 3.8) is 0 Å². The van der Waals surface area contributed by atoms with Gasteiger partial charge in [-0.05, 0) is 18.2 Å². The summed E-state index contributed by atoms with van der Waals surface area (Å²) in [7, 11) is -7.71. The average Bonchev–Trinajstić information content (AvgIpc) is 2.44.